The first-order chi connectivity index (χ1) is 16.8. The van der Waals surface area contributed by atoms with Gasteiger partial charge in [0.25, 0.3) is 0 Å². The number of hydrogen-bond donors (Lipinski definition) is 2. The number of benzene rings is 2. The largest absolute Gasteiger partial charge is 1.00 e. The second-order valence-corrected chi connectivity index (χ2v) is 9.62. The van der Waals surface area contributed by atoms with Crippen molar-refractivity contribution in [1.82, 2.24) is 5.16 Å². The molecular weight excluding hydrogens is 526 g/mol. The summed E-state index contributed by atoms with van der Waals surface area (Å²) in [6.07, 6.45) is 0.999. The maximum Gasteiger partial charge on any atom is 0.422 e. The molecule has 190 valence electrons. The van der Waals surface area contributed by atoms with E-state index >= 15 is 0 Å². The Bertz CT molecular complexity index is 1170. The number of quaternary nitrogens is 1. The van der Waals surface area contributed by atoms with Crippen molar-refractivity contribution in [2.45, 2.75) is 44.4 Å². The van der Waals surface area contributed by atoms with Gasteiger partial charge in [0.15, 0.2) is 11.9 Å². The van der Waals surface area contributed by atoms with E-state index in [0.717, 1.165) is 12.8 Å². The van der Waals surface area contributed by atoms with Gasteiger partial charge >= 0.3 is 12.0 Å². The fraction of sp³-hybridized carbons (Fsp3) is 0.370. The number of anilines is 1. The van der Waals surface area contributed by atoms with E-state index in [9.17, 15) is 14.7 Å². The summed E-state index contributed by atoms with van der Waals surface area (Å²) in [5.41, 5.74) is -1.08. The van der Waals surface area contributed by atoms with E-state index in [1.165, 1.54) is 0 Å². The molecule has 2 N–H and O–H groups in total. The van der Waals surface area contributed by atoms with Crippen LogP contribution in [0.5, 0.6) is 0 Å². The van der Waals surface area contributed by atoms with Gasteiger partial charge in [-0.1, -0.05) is 65.8 Å². The van der Waals surface area contributed by atoms with Gasteiger partial charge in [0, 0.05) is 24.8 Å². The predicted molar refractivity (Wildman–Crippen MR) is 128 cm³/mol. The number of nitrogens with zero attached hydrogens (tertiary/aromatic N) is 2. The molecule has 2 amide bonds. The van der Waals surface area contributed by atoms with Crippen LogP contribution in [0.2, 0.25) is 0 Å². The number of ether oxygens (including phenoxy) is 1. The molecule has 9 heteroatoms. The predicted octanol–water partition coefficient (Wildman–Crippen LogP) is 0.996. The number of carbonyl (C=O) groups is 2. The topological polar surface area (TPSA) is 102 Å². The summed E-state index contributed by atoms with van der Waals surface area (Å²) < 4.78 is 11.4. The zero-order valence-electron chi connectivity index (χ0n) is 20.3. The van der Waals surface area contributed by atoms with Gasteiger partial charge in [0.05, 0.1) is 13.1 Å². The number of aryl methyl sites for hydroxylation is 1. The van der Waals surface area contributed by atoms with E-state index in [-0.39, 0.29) is 39.5 Å². The molecule has 8 nitrogen and oxygen atoms in total. The van der Waals surface area contributed by atoms with Crippen molar-refractivity contribution in [3.8, 4) is 0 Å². The number of piperidine rings is 3. The molecule has 0 aliphatic carbocycles. The molecule has 3 aliphatic rings. The Balaban J connectivity index is 0.00000304. The number of carbonyl (C=O) groups excluding carboxylic acids is 2. The standard InChI is InChI=1S/C27H29N3O5.BrH/c1-18-17-23(29-35-18)28-26(32)30-15-13-20(14-16-30)24(19(30)2)34-25(31)27(33,21-9-5-3-6-10-21)22-11-7-4-8-12-22;/h3-12,17,19-20,24,33H,13-16H2,1-2H3;1H/t19-,20?,24?,30?;/m0./s1. The lowest BCUT2D eigenvalue weighted by Crippen LogP contribution is -3.00. The van der Waals surface area contributed by atoms with Crippen molar-refractivity contribution in [1.29, 1.82) is 0 Å². The highest BCUT2D eigenvalue weighted by Gasteiger charge is 2.58. The number of nitrogens with one attached hydrogen (secondary N) is 1. The number of amides is 2. The van der Waals surface area contributed by atoms with Crippen LogP contribution in [0, 0.1) is 12.8 Å². The average Bonchev–Trinajstić information content (AvgIpc) is 3.31. The first-order valence-electron chi connectivity index (χ1n) is 12.0. The first-order valence-corrected chi connectivity index (χ1v) is 12.0. The summed E-state index contributed by atoms with van der Waals surface area (Å²) in [6.45, 7) is 5.02. The Morgan fingerprint density at radius 2 is 1.61 bits per heavy atom. The number of esters is 1. The van der Waals surface area contributed by atoms with E-state index in [1.54, 1.807) is 61.5 Å². The van der Waals surface area contributed by atoms with Gasteiger partial charge in [-0.25, -0.2) is 14.1 Å². The number of hydrogen-bond acceptors (Lipinski definition) is 6. The summed E-state index contributed by atoms with van der Waals surface area (Å²) in [5, 5.41) is 18.6. The van der Waals surface area contributed by atoms with Crippen molar-refractivity contribution >= 4 is 17.8 Å². The molecule has 1 unspecified atom stereocenters. The molecule has 3 aliphatic heterocycles. The van der Waals surface area contributed by atoms with Crippen LogP contribution in [0.1, 0.15) is 36.7 Å². The first kappa shape index (κ1) is 26.1. The Kier molecular flexibility index (Phi) is 7.36. The number of halogens is 1. The number of aliphatic hydroxyl groups is 1. The second-order valence-electron chi connectivity index (χ2n) is 9.62. The van der Waals surface area contributed by atoms with Gasteiger partial charge in [0.2, 0.25) is 5.60 Å². The molecule has 1 aromatic heterocycles. The van der Waals surface area contributed by atoms with E-state index in [2.05, 4.69) is 10.5 Å². The van der Waals surface area contributed by atoms with Gasteiger partial charge < -0.3 is 31.3 Å². The molecule has 0 radical (unpaired) electrons. The summed E-state index contributed by atoms with van der Waals surface area (Å²) in [7, 11) is 0. The van der Waals surface area contributed by atoms with Crippen molar-refractivity contribution < 1.29 is 45.4 Å². The fourth-order valence-electron chi connectivity index (χ4n) is 5.66. The summed E-state index contributed by atoms with van der Waals surface area (Å²) in [5.74, 6) is 0.382. The van der Waals surface area contributed by atoms with Crippen molar-refractivity contribution in [2.75, 3.05) is 18.4 Å². The van der Waals surface area contributed by atoms with E-state index in [0.29, 0.717) is 35.8 Å². The van der Waals surface area contributed by atoms with Gasteiger partial charge in [0.1, 0.15) is 11.8 Å². The maximum absolute atomic E-state index is 13.7. The third-order valence-corrected chi connectivity index (χ3v) is 7.71. The van der Waals surface area contributed by atoms with E-state index in [4.69, 9.17) is 9.26 Å². The highest BCUT2D eigenvalue weighted by molar-refractivity contribution is 5.86. The SMILES string of the molecule is Cc1cc(NC(=O)[N+]23CCC(CC2)C(OC(=O)C(O)(c2ccccc2)c2ccccc2)[C@@H]3C)no1.[Br-]. The lowest BCUT2D eigenvalue weighted by atomic mass is 9.78. The van der Waals surface area contributed by atoms with E-state index in [1.807, 2.05) is 19.1 Å². The molecule has 36 heavy (non-hydrogen) atoms. The van der Waals surface area contributed by atoms with Crippen LogP contribution in [-0.4, -0.2) is 52.0 Å². The van der Waals surface area contributed by atoms with Crippen molar-refractivity contribution in [2.24, 2.45) is 5.92 Å². The van der Waals surface area contributed by atoms with Crippen LogP contribution >= 0.6 is 0 Å². The zero-order valence-corrected chi connectivity index (χ0v) is 21.8. The van der Waals surface area contributed by atoms with Crippen LogP contribution in [0.15, 0.2) is 71.3 Å². The van der Waals surface area contributed by atoms with E-state index < -0.39 is 17.7 Å². The minimum Gasteiger partial charge on any atom is -1.00 e. The van der Waals surface area contributed by atoms with Crippen LogP contribution in [0.25, 0.3) is 0 Å². The number of rotatable bonds is 5. The maximum atomic E-state index is 13.7. The molecule has 2 bridgehead atoms. The summed E-state index contributed by atoms with van der Waals surface area (Å²) in [6, 6.07) is 18.9. The molecule has 3 fully saturated rings. The quantitative estimate of drug-likeness (QED) is 0.359. The molecule has 2 atom stereocenters. The molecule has 3 aromatic rings. The Morgan fingerprint density at radius 1 is 1.06 bits per heavy atom. The smallest absolute Gasteiger partial charge is 0.422 e. The fourth-order valence-corrected chi connectivity index (χ4v) is 5.66. The third-order valence-electron chi connectivity index (χ3n) is 7.71. The minimum atomic E-state index is -1.96. The van der Waals surface area contributed by atoms with Crippen molar-refractivity contribution in [3.63, 3.8) is 0 Å². The van der Waals surface area contributed by atoms with Gasteiger partial charge in [-0.15, -0.1) is 0 Å². The second kappa shape index (κ2) is 10.2. The highest BCUT2D eigenvalue weighted by atomic mass is 79.9. The molecule has 4 heterocycles. The van der Waals surface area contributed by atoms with Crippen LogP contribution in [0.4, 0.5) is 10.6 Å². The van der Waals surface area contributed by atoms with Crippen LogP contribution in [0.3, 0.4) is 0 Å². The molecular formula is C27H30BrN3O5. The Hall–Kier alpha value is -3.01. The molecule has 2 aromatic carbocycles. The zero-order chi connectivity index (χ0) is 24.6. The van der Waals surface area contributed by atoms with Gasteiger partial charge in [-0.3, -0.25) is 5.32 Å². The summed E-state index contributed by atoms with van der Waals surface area (Å²) in [4.78, 5) is 27.1. The highest BCUT2D eigenvalue weighted by Crippen LogP contribution is 2.42. The molecule has 0 spiro atoms. The number of urea groups is 1. The molecule has 3 saturated heterocycles. The number of fused-ring (bicyclic) bond motifs is 3. The van der Waals surface area contributed by atoms with Gasteiger partial charge in [-0.05, 0) is 25.0 Å². The van der Waals surface area contributed by atoms with Crippen molar-refractivity contribution in [3.05, 3.63) is 83.6 Å². The third kappa shape index (κ3) is 4.36. The Morgan fingerprint density at radius 3 is 2.11 bits per heavy atom. The van der Waals surface area contributed by atoms with Crippen LogP contribution < -0.4 is 22.3 Å². The Labute approximate surface area is 220 Å². The molecule has 0 saturated carbocycles. The van der Waals surface area contributed by atoms with Crippen LogP contribution in [-0.2, 0) is 15.1 Å². The normalized spacial score (nSPS) is 25.0. The summed E-state index contributed by atoms with van der Waals surface area (Å²) >= 11 is 0. The number of aromatic nitrogens is 1. The monoisotopic (exact) mass is 555 g/mol. The average molecular weight is 556 g/mol. The minimum absolute atomic E-state index is 0. The molecule has 6 rings (SSSR count). The van der Waals surface area contributed by atoms with Gasteiger partial charge in [-0.2, -0.15) is 0 Å². The lowest BCUT2D eigenvalue weighted by molar-refractivity contribution is -0.893. The lowest BCUT2D eigenvalue weighted by Gasteiger charge is -2.54.